The minimum Gasteiger partial charge on any atom is -0.468 e. The fourth-order valence-electron chi connectivity index (χ4n) is 3.94. The van der Waals surface area contributed by atoms with Crippen LogP contribution in [0.25, 0.3) is 0 Å². The molecule has 200 valence electrons. The van der Waals surface area contributed by atoms with E-state index in [1.807, 2.05) is 0 Å². The Balaban J connectivity index is 1.59. The van der Waals surface area contributed by atoms with Crippen LogP contribution in [-0.2, 0) is 15.8 Å². The van der Waals surface area contributed by atoms with E-state index < -0.39 is 23.6 Å². The second kappa shape index (κ2) is 11.7. The molecule has 2 amide bonds. The summed E-state index contributed by atoms with van der Waals surface area (Å²) in [5.41, 5.74) is 0.0863. The highest BCUT2D eigenvalue weighted by Gasteiger charge is 2.37. The highest BCUT2D eigenvalue weighted by molar-refractivity contribution is 8.03. The van der Waals surface area contributed by atoms with Crippen molar-refractivity contribution in [1.29, 1.82) is 5.26 Å². The third kappa shape index (κ3) is 6.66. The van der Waals surface area contributed by atoms with Gasteiger partial charge in [-0.15, -0.1) is 0 Å². The van der Waals surface area contributed by atoms with Crippen molar-refractivity contribution in [2.24, 2.45) is 0 Å². The Hall–Kier alpha value is -4.14. The first-order valence-corrected chi connectivity index (χ1v) is 12.8. The quantitative estimate of drug-likeness (QED) is 0.292. The van der Waals surface area contributed by atoms with Crippen LogP contribution >= 0.6 is 23.4 Å². The summed E-state index contributed by atoms with van der Waals surface area (Å²) >= 11 is 7.01. The Kier molecular flexibility index (Phi) is 8.38. The van der Waals surface area contributed by atoms with Gasteiger partial charge in [0, 0.05) is 22.1 Å². The smallest absolute Gasteiger partial charge is 0.416 e. The van der Waals surface area contributed by atoms with Crippen molar-refractivity contribution in [3.8, 4) is 6.07 Å². The van der Waals surface area contributed by atoms with Gasteiger partial charge in [0.15, 0.2) is 0 Å². The molecule has 0 saturated heterocycles. The first kappa shape index (κ1) is 27.9. The molecule has 39 heavy (non-hydrogen) atoms. The van der Waals surface area contributed by atoms with Crippen molar-refractivity contribution in [3.05, 3.63) is 105 Å². The number of nitrogens with one attached hydrogen (secondary N) is 3. The van der Waals surface area contributed by atoms with Crippen LogP contribution in [0.5, 0.6) is 0 Å². The number of allylic oxidation sites excluding steroid dienone is 2. The molecule has 2 aromatic carbocycles. The number of furan rings is 1. The number of carbonyl (C=O) groups is 2. The standard InChI is InChI=1S/C27H20ClF3N4O3S/c1-15-23(25(37)35-18-7-2-5-16(11-18)27(29,30)31)24(21-9-4-10-38-21)20(13-32)26(33-15)39-14-22(36)34-19-8-3-6-17(28)12-19/h2-12,24,33H,14H2,1H3,(H,34,36)(H,35,37)/t24-/m0/s1. The second-order valence-corrected chi connectivity index (χ2v) is 9.77. The molecule has 1 aliphatic heterocycles. The van der Waals surface area contributed by atoms with Crippen molar-refractivity contribution in [3.63, 3.8) is 0 Å². The number of dihydropyridines is 1. The molecular formula is C27H20ClF3N4O3S. The predicted molar refractivity (Wildman–Crippen MR) is 143 cm³/mol. The average Bonchev–Trinajstić information content (AvgIpc) is 3.41. The largest absolute Gasteiger partial charge is 0.468 e. The van der Waals surface area contributed by atoms with Crippen LogP contribution in [0.3, 0.4) is 0 Å². The molecule has 7 nitrogen and oxygen atoms in total. The number of amides is 2. The molecule has 1 atom stereocenters. The molecule has 1 aromatic heterocycles. The van der Waals surface area contributed by atoms with Crippen LogP contribution in [-0.4, -0.2) is 17.6 Å². The summed E-state index contributed by atoms with van der Waals surface area (Å²) < 4.78 is 45.0. The molecule has 3 aromatic rings. The maximum Gasteiger partial charge on any atom is 0.416 e. The molecule has 0 fully saturated rings. The molecule has 0 bridgehead atoms. The third-order valence-corrected chi connectivity index (χ3v) is 6.88. The zero-order chi connectivity index (χ0) is 28.2. The lowest BCUT2D eigenvalue weighted by Gasteiger charge is -2.28. The lowest BCUT2D eigenvalue weighted by atomic mass is 9.85. The van der Waals surface area contributed by atoms with E-state index in [4.69, 9.17) is 16.0 Å². The summed E-state index contributed by atoms with van der Waals surface area (Å²) in [7, 11) is 0. The number of nitriles is 1. The van der Waals surface area contributed by atoms with E-state index in [9.17, 15) is 28.0 Å². The highest BCUT2D eigenvalue weighted by Crippen LogP contribution is 2.41. The van der Waals surface area contributed by atoms with Crippen LogP contribution in [0.15, 0.2) is 93.2 Å². The number of hydrogen-bond acceptors (Lipinski definition) is 6. The number of halogens is 4. The maximum atomic E-state index is 13.4. The fraction of sp³-hybridized carbons (Fsp3) is 0.148. The molecule has 0 radical (unpaired) electrons. The van der Waals surface area contributed by atoms with Gasteiger partial charge >= 0.3 is 6.18 Å². The van der Waals surface area contributed by atoms with Crippen LogP contribution in [0.2, 0.25) is 5.02 Å². The molecule has 0 saturated carbocycles. The molecule has 4 rings (SSSR count). The number of thioether (sulfide) groups is 1. The number of anilines is 2. The van der Waals surface area contributed by atoms with Gasteiger partial charge in [0.2, 0.25) is 5.91 Å². The van der Waals surface area contributed by atoms with Crippen molar-refractivity contribution in [2.75, 3.05) is 16.4 Å². The van der Waals surface area contributed by atoms with Crippen LogP contribution in [0.4, 0.5) is 24.5 Å². The van der Waals surface area contributed by atoms with E-state index in [2.05, 4.69) is 22.0 Å². The number of nitrogens with zero attached hydrogens (tertiary/aromatic N) is 1. The van der Waals surface area contributed by atoms with E-state index in [1.165, 1.54) is 18.4 Å². The number of carbonyl (C=O) groups excluding carboxylic acids is 2. The van der Waals surface area contributed by atoms with Gasteiger partial charge in [-0.2, -0.15) is 18.4 Å². The SMILES string of the molecule is CC1=C(C(=O)Nc2cccc(C(F)(F)F)c2)[C@H](c2ccco2)C(C#N)=C(SCC(=O)Nc2cccc(Cl)c2)N1. The Morgan fingerprint density at radius 3 is 2.46 bits per heavy atom. The summed E-state index contributed by atoms with van der Waals surface area (Å²) in [4.78, 5) is 25.9. The first-order valence-electron chi connectivity index (χ1n) is 11.4. The van der Waals surface area contributed by atoms with E-state index in [0.29, 0.717) is 21.4 Å². The van der Waals surface area contributed by atoms with Gasteiger partial charge in [-0.1, -0.05) is 35.5 Å². The van der Waals surface area contributed by atoms with Crippen LogP contribution in [0, 0.1) is 11.3 Å². The summed E-state index contributed by atoms with van der Waals surface area (Å²) in [6.07, 6.45) is -3.20. The summed E-state index contributed by atoms with van der Waals surface area (Å²) in [6.45, 7) is 1.59. The molecule has 1 aliphatic rings. The minimum atomic E-state index is -4.58. The number of rotatable bonds is 7. The van der Waals surface area contributed by atoms with Crippen molar-refractivity contribution in [1.82, 2.24) is 5.32 Å². The lowest BCUT2D eigenvalue weighted by molar-refractivity contribution is -0.137. The molecule has 0 aliphatic carbocycles. The first-order chi connectivity index (χ1) is 18.6. The molecule has 2 heterocycles. The third-order valence-electron chi connectivity index (χ3n) is 5.62. The van der Waals surface area contributed by atoms with Crippen molar-refractivity contribution < 1.29 is 27.2 Å². The monoisotopic (exact) mass is 572 g/mol. The summed E-state index contributed by atoms with van der Waals surface area (Å²) in [5.74, 6) is -1.81. The number of alkyl halides is 3. The Bertz CT molecular complexity index is 1510. The molecule has 3 N–H and O–H groups in total. The normalized spacial score (nSPS) is 15.4. The van der Waals surface area contributed by atoms with E-state index in [1.54, 1.807) is 43.3 Å². The van der Waals surface area contributed by atoms with Gasteiger partial charge in [-0.05, 0) is 55.5 Å². The zero-order valence-corrected chi connectivity index (χ0v) is 21.8. The van der Waals surface area contributed by atoms with Crippen LogP contribution < -0.4 is 16.0 Å². The highest BCUT2D eigenvalue weighted by atomic mass is 35.5. The second-order valence-electron chi connectivity index (χ2n) is 8.35. The molecular weight excluding hydrogens is 553 g/mol. The van der Waals surface area contributed by atoms with Gasteiger partial charge < -0.3 is 20.4 Å². The van der Waals surface area contributed by atoms with Gasteiger partial charge in [-0.3, -0.25) is 9.59 Å². The zero-order valence-electron chi connectivity index (χ0n) is 20.2. The number of hydrogen-bond donors (Lipinski definition) is 3. The lowest BCUT2D eigenvalue weighted by Crippen LogP contribution is -2.31. The maximum absolute atomic E-state index is 13.4. The van der Waals surface area contributed by atoms with Gasteiger partial charge in [0.05, 0.1) is 45.7 Å². The van der Waals surface area contributed by atoms with E-state index in [-0.39, 0.29) is 34.3 Å². The molecule has 0 unspecified atom stereocenters. The van der Waals surface area contributed by atoms with E-state index >= 15 is 0 Å². The van der Waals surface area contributed by atoms with Crippen LogP contribution in [0.1, 0.15) is 24.2 Å². The summed E-state index contributed by atoms with van der Waals surface area (Å²) in [6, 6.07) is 16.2. The van der Waals surface area contributed by atoms with Crippen molar-refractivity contribution >= 4 is 46.6 Å². The van der Waals surface area contributed by atoms with Gasteiger partial charge in [0.25, 0.3) is 5.91 Å². The van der Waals surface area contributed by atoms with E-state index in [0.717, 1.165) is 23.9 Å². The average molecular weight is 573 g/mol. The fourth-order valence-corrected chi connectivity index (χ4v) is 5.02. The Labute approximate surface area is 230 Å². The van der Waals surface area contributed by atoms with Crippen molar-refractivity contribution in [2.45, 2.75) is 19.0 Å². The van der Waals surface area contributed by atoms with Gasteiger partial charge in [-0.25, -0.2) is 0 Å². The topological polar surface area (TPSA) is 107 Å². The Morgan fingerprint density at radius 2 is 1.82 bits per heavy atom. The Morgan fingerprint density at radius 1 is 1.10 bits per heavy atom. The molecule has 0 spiro atoms. The minimum absolute atomic E-state index is 0.0614. The number of benzene rings is 2. The molecule has 12 heteroatoms. The predicted octanol–water partition coefficient (Wildman–Crippen LogP) is 6.66. The summed E-state index contributed by atoms with van der Waals surface area (Å²) in [5, 5.41) is 19.1. The van der Waals surface area contributed by atoms with Gasteiger partial charge in [0.1, 0.15) is 5.76 Å².